The largest absolute Gasteiger partial charge is 0.468 e. The molecule has 1 amide bonds. The van der Waals surface area contributed by atoms with Gasteiger partial charge in [0, 0.05) is 19.5 Å². The Morgan fingerprint density at radius 3 is 2.44 bits per heavy atom. The average Bonchev–Trinajstić information content (AvgIpc) is 2.31. The van der Waals surface area contributed by atoms with Crippen molar-refractivity contribution < 1.29 is 14.3 Å². The van der Waals surface area contributed by atoms with Gasteiger partial charge in [-0.3, -0.25) is 9.59 Å². The van der Waals surface area contributed by atoms with E-state index in [9.17, 15) is 9.59 Å². The molecule has 0 aromatic carbocycles. The van der Waals surface area contributed by atoms with E-state index in [2.05, 4.69) is 15.4 Å². The minimum atomic E-state index is -0.316. The highest BCUT2D eigenvalue weighted by Crippen LogP contribution is 1.94. The van der Waals surface area contributed by atoms with E-state index in [0.29, 0.717) is 25.9 Å². The maximum atomic E-state index is 11.2. The van der Waals surface area contributed by atoms with Gasteiger partial charge in [-0.2, -0.15) is 0 Å². The molecule has 0 aliphatic heterocycles. The lowest BCUT2D eigenvalue weighted by Crippen LogP contribution is -2.39. The summed E-state index contributed by atoms with van der Waals surface area (Å²) in [6.07, 6.45) is 1.97. The summed E-state index contributed by atoms with van der Waals surface area (Å²) in [5, 5.41) is 5.76. The van der Waals surface area contributed by atoms with Crippen LogP contribution >= 0.6 is 0 Å². The van der Waals surface area contributed by atoms with E-state index in [0.717, 1.165) is 6.42 Å². The molecule has 0 rings (SSSR count). The van der Waals surface area contributed by atoms with Crippen molar-refractivity contribution in [1.82, 2.24) is 10.6 Å². The second-order valence-electron chi connectivity index (χ2n) is 3.54. The SMILES string of the molecule is CCCNC(=O)CCNC(CC)C(=O)OC. The summed E-state index contributed by atoms with van der Waals surface area (Å²) >= 11 is 0. The van der Waals surface area contributed by atoms with Crippen molar-refractivity contribution >= 4 is 11.9 Å². The van der Waals surface area contributed by atoms with Gasteiger partial charge in [-0.15, -0.1) is 0 Å². The molecule has 94 valence electrons. The van der Waals surface area contributed by atoms with E-state index in [1.54, 1.807) is 0 Å². The van der Waals surface area contributed by atoms with Crippen LogP contribution in [0.1, 0.15) is 33.1 Å². The third kappa shape index (κ3) is 6.40. The zero-order chi connectivity index (χ0) is 12.4. The Balaban J connectivity index is 3.69. The maximum Gasteiger partial charge on any atom is 0.322 e. The molecule has 5 heteroatoms. The Morgan fingerprint density at radius 1 is 1.25 bits per heavy atom. The fourth-order valence-corrected chi connectivity index (χ4v) is 1.25. The van der Waals surface area contributed by atoms with E-state index in [1.165, 1.54) is 7.11 Å². The van der Waals surface area contributed by atoms with Crippen LogP contribution in [0, 0.1) is 0 Å². The molecule has 0 aliphatic rings. The standard InChI is InChI=1S/C11H22N2O3/c1-4-7-13-10(14)6-8-12-9(5-2)11(15)16-3/h9,12H,4-8H2,1-3H3,(H,13,14). The Morgan fingerprint density at radius 2 is 1.94 bits per heavy atom. The van der Waals surface area contributed by atoms with E-state index in [-0.39, 0.29) is 17.9 Å². The monoisotopic (exact) mass is 230 g/mol. The first-order chi connectivity index (χ1) is 7.65. The van der Waals surface area contributed by atoms with E-state index >= 15 is 0 Å². The zero-order valence-corrected chi connectivity index (χ0v) is 10.3. The van der Waals surface area contributed by atoms with Gasteiger partial charge in [-0.25, -0.2) is 0 Å². The fourth-order valence-electron chi connectivity index (χ4n) is 1.25. The Kier molecular flexibility index (Phi) is 8.52. The highest BCUT2D eigenvalue weighted by atomic mass is 16.5. The van der Waals surface area contributed by atoms with Crippen LogP contribution in [-0.2, 0) is 14.3 Å². The molecule has 0 saturated carbocycles. The predicted molar refractivity (Wildman–Crippen MR) is 62.0 cm³/mol. The number of rotatable bonds is 8. The van der Waals surface area contributed by atoms with Crippen molar-refractivity contribution in [2.45, 2.75) is 39.2 Å². The first kappa shape index (κ1) is 14.9. The lowest BCUT2D eigenvalue weighted by Gasteiger charge is -2.13. The molecule has 0 fully saturated rings. The van der Waals surface area contributed by atoms with Crippen LogP contribution in [0.2, 0.25) is 0 Å². The van der Waals surface area contributed by atoms with Gasteiger partial charge in [-0.05, 0) is 12.8 Å². The summed E-state index contributed by atoms with van der Waals surface area (Å²) in [6, 6.07) is -0.316. The second-order valence-corrected chi connectivity index (χ2v) is 3.54. The molecule has 0 radical (unpaired) electrons. The van der Waals surface area contributed by atoms with Crippen molar-refractivity contribution in [2.75, 3.05) is 20.2 Å². The first-order valence-electron chi connectivity index (χ1n) is 5.73. The number of amides is 1. The number of nitrogens with one attached hydrogen (secondary N) is 2. The molecule has 1 unspecified atom stereocenters. The van der Waals surface area contributed by atoms with Crippen LogP contribution < -0.4 is 10.6 Å². The molecule has 0 aliphatic carbocycles. The first-order valence-corrected chi connectivity index (χ1v) is 5.73. The summed E-state index contributed by atoms with van der Waals surface area (Å²) in [5.41, 5.74) is 0. The number of carbonyl (C=O) groups excluding carboxylic acids is 2. The lowest BCUT2D eigenvalue weighted by atomic mass is 10.2. The summed E-state index contributed by atoms with van der Waals surface area (Å²) in [6.45, 7) is 5.09. The minimum absolute atomic E-state index is 0.00840. The van der Waals surface area contributed by atoms with Crippen molar-refractivity contribution in [1.29, 1.82) is 0 Å². The maximum absolute atomic E-state index is 11.2. The second kappa shape index (κ2) is 9.15. The molecule has 16 heavy (non-hydrogen) atoms. The fraction of sp³-hybridized carbons (Fsp3) is 0.818. The van der Waals surface area contributed by atoms with Crippen LogP contribution in [0.5, 0.6) is 0 Å². The molecule has 0 spiro atoms. The molecule has 5 nitrogen and oxygen atoms in total. The summed E-state index contributed by atoms with van der Waals surface area (Å²) < 4.78 is 4.62. The molecular weight excluding hydrogens is 208 g/mol. The van der Waals surface area contributed by atoms with Crippen molar-refractivity contribution in [3.05, 3.63) is 0 Å². The number of hydrogen-bond donors (Lipinski definition) is 2. The molecule has 0 saturated heterocycles. The highest BCUT2D eigenvalue weighted by Gasteiger charge is 2.15. The molecule has 0 aromatic rings. The van der Waals surface area contributed by atoms with Gasteiger partial charge in [0.2, 0.25) is 5.91 Å². The highest BCUT2D eigenvalue weighted by molar-refractivity contribution is 5.77. The van der Waals surface area contributed by atoms with Gasteiger partial charge >= 0.3 is 5.97 Å². The minimum Gasteiger partial charge on any atom is -0.468 e. The van der Waals surface area contributed by atoms with Crippen LogP contribution in [0.25, 0.3) is 0 Å². The molecular formula is C11H22N2O3. The smallest absolute Gasteiger partial charge is 0.322 e. The molecule has 1 atom stereocenters. The Hall–Kier alpha value is -1.10. The zero-order valence-electron chi connectivity index (χ0n) is 10.3. The molecule has 0 aromatic heterocycles. The third-order valence-electron chi connectivity index (χ3n) is 2.21. The number of ether oxygens (including phenoxy) is 1. The van der Waals surface area contributed by atoms with Crippen molar-refractivity contribution in [3.8, 4) is 0 Å². The van der Waals surface area contributed by atoms with Gasteiger partial charge in [0.05, 0.1) is 7.11 Å². The van der Waals surface area contributed by atoms with Gasteiger partial charge in [-0.1, -0.05) is 13.8 Å². The number of methoxy groups -OCH3 is 1. The summed E-state index contributed by atoms with van der Waals surface area (Å²) in [7, 11) is 1.36. The van der Waals surface area contributed by atoms with Gasteiger partial charge < -0.3 is 15.4 Å². The Labute approximate surface area is 96.9 Å². The number of carbonyl (C=O) groups is 2. The number of esters is 1. The topological polar surface area (TPSA) is 67.4 Å². The van der Waals surface area contributed by atoms with Crippen molar-refractivity contribution in [3.63, 3.8) is 0 Å². The quantitative estimate of drug-likeness (QED) is 0.594. The van der Waals surface area contributed by atoms with E-state index < -0.39 is 0 Å². The summed E-state index contributed by atoms with van der Waals surface area (Å²) in [5.74, 6) is -0.273. The van der Waals surface area contributed by atoms with Gasteiger partial charge in [0.1, 0.15) is 6.04 Å². The molecule has 0 heterocycles. The third-order valence-corrected chi connectivity index (χ3v) is 2.21. The van der Waals surface area contributed by atoms with Crippen molar-refractivity contribution in [2.24, 2.45) is 0 Å². The lowest BCUT2D eigenvalue weighted by molar-refractivity contribution is -0.143. The van der Waals surface area contributed by atoms with Crippen LogP contribution in [-0.4, -0.2) is 38.1 Å². The van der Waals surface area contributed by atoms with Gasteiger partial charge in [0.15, 0.2) is 0 Å². The van der Waals surface area contributed by atoms with Crippen LogP contribution in [0.3, 0.4) is 0 Å². The Bertz CT molecular complexity index is 219. The average molecular weight is 230 g/mol. The number of hydrogen-bond acceptors (Lipinski definition) is 4. The predicted octanol–water partition coefficient (Wildman–Crippen LogP) is 0.444. The summed E-state index contributed by atoms with van der Waals surface area (Å²) in [4.78, 5) is 22.4. The van der Waals surface area contributed by atoms with Gasteiger partial charge in [0.25, 0.3) is 0 Å². The van der Waals surface area contributed by atoms with E-state index in [1.807, 2.05) is 13.8 Å². The molecule has 0 bridgehead atoms. The van der Waals surface area contributed by atoms with Crippen LogP contribution in [0.4, 0.5) is 0 Å². The molecule has 2 N–H and O–H groups in total. The van der Waals surface area contributed by atoms with Crippen LogP contribution in [0.15, 0.2) is 0 Å². The normalized spacial score (nSPS) is 11.9. The van der Waals surface area contributed by atoms with E-state index in [4.69, 9.17) is 0 Å².